The quantitative estimate of drug-likeness (QED) is 0.297. The number of phenols is 1. The first-order chi connectivity index (χ1) is 15.8. The predicted molar refractivity (Wildman–Crippen MR) is 127 cm³/mol. The molecule has 0 amide bonds. The Hall–Kier alpha value is -2.91. The summed E-state index contributed by atoms with van der Waals surface area (Å²) in [6.45, 7) is 6.80. The predicted octanol–water partition coefficient (Wildman–Crippen LogP) is 4.11. The number of carbonyl (C=O) groups is 2. The third-order valence-corrected chi connectivity index (χ3v) is 7.38. The summed E-state index contributed by atoms with van der Waals surface area (Å²) in [6.07, 6.45) is -1.01. The average molecular weight is 493 g/mol. The van der Waals surface area contributed by atoms with Crippen LogP contribution in [0.5, 0.6) is 11.5 Å². The van der Waals surface area contributed by atoms with Crippen molar-refractivity contribution >= 4 is 21.6 Å². The van der Waals surface area contributed by atoms with Crippen molar-refractivity contribution in [2.45, 2.75) is 57.5 Å². The summed E-state index contributed by atoms with van der Waals surface area (Å²) in [7, 11) is -3.60. The van der Waals surface area contributed by atoms with E-state index in [1.54, 1.807) is 13.0 Å². The summed E-state index contributed by atoms with van der Waals surface area (Å²) in [5, 5.41) is 29.6. The van der Waals surface area contributed by atoms with Crippen molar-refractivity contribution in [2.24, 2.45) is 5.92 Å². The standard InChI is InChI=1S/C25H32O8S/c1-15(2)23-21(11-10-20(17(4)26)25(23)30)33-12-5-13-34(31,32)19-8-6-18(7-9-19)24(29)16(3)14-22(27)28/h6-11,15-16,24,29-30H,5,12-14H2,1-4H3,(H,27,28). The minimum Gasteiger partial charge on any atom is -0.507 e. The van der Waals surface area contributed by atoms with Crippen LogP contribution < -0.4 is 4.74 Å². The molecule has 0 saturated heterocycles. The van der Waals surface area contributed by atoms with Crippen LogP contribution in [-0.2, 0) is 14.6 Å². The molecule has 2 atom stereocenters. The highest BCUT2D eigenvalue weighted by Gasteiger charge is 2.22. The van der Waals surface area contributed by atoms with Gasteiger partial charge >= 0.3 is 5.97 Å². The molecule has 34 heavy (non-hydrogen) atoms. The maximum Gasteiger partial charge on any atom is 0.303 e. The number of hydrogen-bond donors (Lipinski definition) is 3. The number of carboxylic acids is 1. The van der Waals surface area contributed by atoms with Crippen LogP contribution >= 0.6 is 0 Å². The molecule has 2 aromatic rings. The number of ketones is 1. The molecular formula is C25H32O8S. The van der Waals surface area contributed by atoms with E-state index in [0.717, 1.165) is 0 Å². The van der Waals surface area contributed by atoms with E-state index < -0.39 is 27.8 Å². The molecule has 0 aliphatic heterocycles. The second kappa shape index (κ2) is 11.5. The van der Waals surface area contributed by atoms with Crippen molar-refractivity contribution in [3.8, 4) is 11.5 Å². The maximum atomic E-state index is 12.7. The number of Topliss-reactive ketones (excluding diaryl/α,β-unsaturated/α-hetero) is 1. The fourth-order valence-electron chi connectivity index (χ4n) is 3.69. The molecule has 3 N–H and O–H groups in total. The van der Waals surface area contributed by atoms with E-state index in [9.17, 15) is 28.2 Å². The van der Waals surface area contributed by atoms with Crippen LogP contribution in [0.25, 0.3) is 0 Å². The number of aliphatic carboxylic acids is 1. The van der Waals surface area contributed by atoms with Gasteiger partial charge in [0.2, 0.25) is 0 Å². The number of aromatic hydroxyl groups is 1. The molecule has 2 aromatic carbocycles. The Bertz CT molecular complexity index is 1120. The summed E-state index contributed by atoms with van der Waals surface area (Å²) in [5.41, 5.74) is 1.16. The first kappa shape index (κ1) is 27.3. The van der Waals surface area contributed by atoms with E-state index in [1.807, 2.05) is 13.8 Å². The van der Waals surface area contributed by atoms with Crippen molar-refractivity contribution in [3.63, 3.8) is 0 Å². The molecule has 0 aliphatic carbocycles. The van der Waals surface area contributed by atoms with E-state index in [4.69, 9.17) is 9.84 Å². The van der Waals surface area contributed by atoms with Crippen LogP contribution in [0.2, 0.25) is 0 Å². The largest absolute Gasteiger partial charge is 0.507 e. The Morgan fingerprint density at radius 1 is 1.03 bits per heavy atom. The SMILES string of the molecule is CC(=O)c1ccc(OCCCS(=O)(=O)c2ccc(C(O)C(C)CC(=O)O)cc2)c(C(C)C)c1O. The Morgan fingerprint density at radius 3 is 2.18 bits per heavy atom. The first-order valence-electron chi connectivity index (χ1n) is 11.1. The lowest BCUT2D eigenvalue weighted by Gasteiger charge is -2.18. The monoisotopic (exact) mass is 492 g/mol. The number of ether oxygens (including phenoxy) is 1. The third-order valence-electron chi connectivity index (χ3n) is 5.57. The van der Waals surface area contributed by atoms with Crippen LogP contribution in [0.15, 0.2) is 41.3 Å². The summed E-state index contributed by atoms with van der Waals surface area (Å²) >= 11 is 0. The molecule has 0 aliphatic rings. The fraction of sp³-hybridized carbons (Fsp3) is 0.440. The zero-order valence-electron chi connectivity index (χ0n) is 19.8. The summed E-state index contributed by atoms with van der Waals surface area (Å²) in [6, 6.07) is 8.87. The number of rotatable bonds is 12. The highest BCUT2D eigenvalue weighted by molar-refractivity contribution is 7.91. The molecule has 2 unspecified atom stereocenters. The lowest BCUT2D eigenvalue weighted by molar-refractivity contribution is -0.139. The Balaban J connectivity index is 2.02. The molecule has 0 fully saturated rings. The van der Waals surface area contributed by atoms with E-state index in [2.05, 4.69) is 0 Å². The molecule has 9 heteroatoms. The van der Waals surface area contributed by atoms with Crippen LogP contribution in [-0.4, -0.2) is 47.8 Å². The van der Waals surface area contributed by atoms with Gasteiger partial charge in [0.05, 0.1) is 35.3 Å². The van der Waals surface area contributed by atoms with Gasteiger partial charge in [0.1, 0.15) is 11.5 Å². The summed E-state index contributed by atoms with van der Waals surface area (Å²) in [4.78, 5) is 22.6. The van der Waals surface area contributed by atoms with E-state index >= 15 is 0 Å². The zero-order chi connectivity index (χ0) is 25.6. The van der Waals surface area contributed by atoms with E-state index in [0.29, 0.717) is 16.9 Å². The van der Waals surface area contributed by atoms with Crippen molar-refractivity contribution in [2.75, 3.05) is 12.4 Å². The third kappa shape index (κ3) is 6.80. The number of hydrogen-bond acceptors (Lipinski definition) is 7. The van der Waals surface area contributed by atoms with Crippen molar-refractivity contribution in [3.05, 3.63) is 53.1 Å². The molecule has 0 spiro atoms. The molecule has 0 saturated carbocycles. The molecule has 0 heterocycles. The molecule has 2 rings (SSSR count). The van der Waals surface area contributed by atoms with Gasteiger partial charge in [-0.1, -0.05) is 32.9 Å². The van der Waals surface area contributed by atoms with Crippen LogP contribution in [0, 0.1) is 5.92 Å². The zero-order valence-corrected chi connectivity index (χ0v) is 20.6. The van der Waals surface area contributed by atoms with Gasteiger partial charge in [-0.3, -0.25) is 9.59 Å². The number of benzene rings is 2. The topological polar surface area (TPSA) is 138 Å². The number of sulfone groups is 1. The lowest BCUT2D eigenvalue weighted by Crippen LogP contribution is -2.14. The molecule has 0 bridgehead atoms. The molecule has 0 radical (unpaired) electrons. The van der Waals surface area contributed by atoms with Gasteiger partial charge in [-0.2, -0.15) is 0 Å². The Labute approximate surface area is 200 Å². The van der Waals surface area contributed by atoms with Crippen LogP contribution in [0.3, 0.4) is 0 Å². The highest BCUT2D eigenvalue weighted by atomic mass is 32.2. The maximum absolute atomic E-state index is 12.7. The summed E-state index contributed by atoms with van der Waals surface area (Å²) < 4.78 is 31.1. The van der Waals surface area contributed by atoms with Gasteiger partial charge in [-0.05, 0) is 55.0 Å². The average Bonchev–Trinajstić information content (AvgIpc) is 2.75. The first-order valence-corrected chi connectivity index (χ1v) is 12.7. The van der Waals surface area contributed by atoms with Gasteiger partial charge in [0.25, 0.3) is 0 Å². The second-order valence-corrected chi connectivity index (χ2v) is 10.8. The van der Waals surface area contributed by atoms with Gasteiger partial charge in [-0.25, -0.2) is 8.42 Å². The molecular weight excluding hydrogens is 460 g/mol. The minimum absolute atomic E-state index is 0.0978. The van der Waals surface area contributed by atoms with Crippen LogP contribution in [0.1, 0.15) is 74.0 Å². The number of carbonyl (C=O) groups excluding carboxylic acids is 1. The smallest absolute Gasteiger partial charge is 0.303 e. The van der Waals surface area contributed by atoms with Crippen molar-refractivity contribution in [1.82, 2.24) is 0 Å². The fourth-order valence-corrected chi connectivity index (χ4v) is 4.98. The van der Waals surface area contributed by atoms with Gasteiger partial charge < -0.3 is 20.1 Å². The molecule has 0 aromatic heterocycles. The van der Waals surface area contributed by atoms with Crippen LogP contribution in [0.4, 0.5) is 0 Å². The lowest BCUT2D eigenvalue weighted by atomic mass is 9.95. The summed E-state index contributed by atoms with van der Waals surface area (Å²) in [5.74, 6) is -1.78. The molecule has 8 nitrogen and oxygen atoms in total. The van der Waals surface area contributed by atoms with E-state index in [-0.39, 0.29) is 53.1 Å². The Morgan fingerprint density at radius 2 is 1.65 bits per heavy atom. The molecule has 186 valence electrons. The van der Waals surface area contributed by atoms with Gasteiger partial charge in [-0.15, -0.1) is 0 Å². The number of phenolic OH excluding ortho intramolecular Hbond substituents is 1. The second-order valence-electron chi connectivity index (χ2n) is 8.69. The van der Waals surface area contributed by atoms with E-state index in [1.165, 1.54) is 37.3 Å². The highest BCUT2D eigenvalue weighted by Crippen LogP contribution is 2.37. The number of aliphatic hydroxyl groups is 1. The Kier molecular flexibility index (Phi) is 9.23. The normalized spacial score (nSPS) is 13.5. The van der Waals surface area contributed by atoms with Gasteiger partial charge in [0, 0.05) is 5.56 Å². The minimum atomic E-state index is -3.60. The number of aliphatic hydroxyl groups excluding tert-OH is 1. The number of carboxylic acid groups (broad SMARTS) is 1. The van der Waals surface area contributed by atoms with Crippen molar-refractivity contribution < 1.29 is 38.1 Å². The van der Waals surface area contributed by atoms with Gasteiger partial charge in [0.15, 0.2) is 15.6 Å². The van der Waals surface area contributed by atoms with Crippen molar-refractivity contribution in [1.29, 1.82) is 0 Å².